The summed E-state index contributed by atoms with van der Waals surface area (Å²) in [6, 6.07) is 0.492. The predicted molar refractivity (Wildman–Crippen MR) is 126 cm³/mol. The van der Waals surface area contributed by atoms with Crippen LogP contribution in [0.3, 0.4) is 0 Å². The number of benzene rings is 2. The van der Waals surface area contributed by atoms with E-state index in [-0.39, 0.29) is 41.7 Å². The average molecular weight is 872 g/mol. The molecule has 2 aromatic rings. The molecule has 2 aromatic carbocycles. The molecule has 0 aliphatic rings. The van der Waals surface area contributed by atoms with Gasteiger partial charge in [-0.1, -0.05) is 24.3 Å². The smallest absolute Gasteiger partial charge is 0.744 e. The van der Waals surface area contributed by atoms with Gasteiger partial charge in [0.15, 0.2) is 0 Å². The monoisotopic (exact) mass is 872 g/mol. The summed E-state index contributed by atoms with van der Waals surface area (Å²) in [5.74, 6) is -66.1. The van der Waals surface area contributed by atoms with Crippen LogP contribution in [0.4, 0.5) is 105 Å². The first-order valence-electron chi connectivity index (χ1n) is 13.0. The van der Waals surface area contributed by atoms with E-state index in [0.717, 1.165) is 0 Å². The van der Waals surface area contributed by atoms with Crippen LogP contribution >= 0.6 is 0 Å². The Labute approximate surface area is 306 Å². The van der Waals surface area contributed by atoms with Crippen LogP contribution in [0.25, 0.3) is 10.8 Å². The first kappa shape index (κ1) is 49.9. The van der Waals surface area contributed by atoms with Crippen LogP contribution in [-0.2, 0) is 29.4 Å². The summed E-state index contributed by atoms with van der Waals surface area (Å²) in [5, 5.41) is -3.91. The summed E-state index contributed by atoms with van der Waals surface area (Å²) in [4.78, 5) is -2.87. The van der Waals surface area contributed by atoms with Gasteiger partial charge in [-0.2, -0.15) is 79.0 Å². The molecule has 0 heterocycles. The zero-order valence-corrected chi connectivity index (χ0v) is 28.2. The zero-order chi connectivity index (χ0) is 42.1. The first-order chi connectivity index (χ1) is 23.2. The second kappa shape index (κ2) is 15.0. The topological polar surface area (TPSA) is 57.2 Å². The normalized spacial score (nSPS) is 15.1. The van der Waals surface area contributed by atoms with Crippen molar-refractivity contribution in [3.8, 4) is 0 Å². The van der Waals surface area contributed by atoms with Gasteiger partial charge in [0.2, 0.25) is 0 Å². The standard InChI is InChI=1S/C25H14F24O3S.Na/c26-14(27)20(38,39)23(44,45)17(32,33)5-10-8-3-1-2-4-9(8)13(53(50,51)52)12(7-19(36,37)25(48,49)22(42,43)16(30)31)11(10)6-18(34,35)24(46,47)21(40,41)15(28)29;/h1-4,14-16H,5-7H2,(H,50,51,52);/q;+1/p-1. The van der Waals surface area contributed by atoms with Gasteiger partial charge in [-0.25, -0.2) is 34.8 Å². The van der Waals surface area contributed by atoms with Crippen LogP contribution in [0.15, 0.2) is 29.2 Å². The van der Waals surface area contributed by atoms with Crippen molar-refractivity contribution < 1.29 is 148 Å². The maximum atomic E-state index is 15.0. The van der Waals surface area contributed by atoms with Gasteiger partial charge in [0.05, 0.1) is 4.90 Å². The Morgan fingerprint density at radius 3 is 1.00 bits per heavy atom. The maximum absolute atomic E-state index is 15.0. The van der Waals surface area contributed by atoms with Crippen LogP contribution in [0, 0.1) is 0 Å². The molecule has 0 radical (unpaired) electrons. The Morgan fingerprint density at radius 1 is 0.463 bits per heavy atom. The Bertz CT molecular complexity index is 1780. The minimum Gasteiger partial charge on any atom is -0.744 e. The van der Waals surface area contributed by atoms with E-state index in [1.165, 1.54) is 0 Å². The molecule has 0 fully saturated rings. The molecule has 0 aliphatic carbocycles. The van der Waals surface area contributed by atoms with Crippen molar-refractivity contribution in [2.75, 3.05) is 0 Å². The summed E-state index contributed by atoms with van der Waals surface area (Å²) in [7, 11) is -7.03. The van der Waals surface area contributed by atoms with Crippen LogP contribution in [0.2, 0.25) is 0 Å². The van der Waals surface area contributed by atoms with Gasteiger partial charge in [0.25, 0.3) is 0 Å². The van der Waals surface area contributed by atoms with E-state index in [0.29, 0.717) is 12.1 Å². The van der Waals surface area contributed by atoms with Crippen molar-refractivity contribution in [3.63, 3.8) is 0 Å². The molecule has 0 bridgehead atoms. The number of hydrogen-bond acceptors (Lipinski definition) is 3. The average Bonchev–Trinajstić information content (AvgIpc) is 2.96. The number of halogens is 24. The second-order valence-corrected chi connectivity index (χ2v) is 12.2. The molecule has 54 heavy (non-hydrogen) atoms. The number of fused-ring (bicyclic) bond motifs is 1. The molecule has 0 aromatic heterocycles. The number of rotatable bonds is 16. The zero-order valence-electron chi connectivity index (χ0n) is 25.4. The van der Waals surface area contributed by atoms with Crippen LogP contribution < -0.4 is 29.6 Å². The third-order valence-corrected chi connectivity index (χ3v) is 8.37. The number of hydrogen-bond donors (Lipinski definition) is 0. The van der Waals surface area contributed by atoms with Crippen molar-refractivity contribution in [2.24, 2.45) is 0 Å². The molecule has 0 aliphatic heterocycles. The van der Waals surface area contributed by atoms with E-state index in [1.807, 2.05) is 0 Å². The minimum absolute atomic E-state index is 0. The van der Waals surface area contributed by atoms with E-state index >= 15 is 0 Å². The molecule has 0 saturated carbocycles. The van der Waals surface area contributed by atoms with Gasteiger partial charge < -0.3 is 4.55 Å². The van der Waals surface area contributed by atoms with Crippen LogP contribution in [0.1, 0.15) is 16.7 Å². The minimum atomic E-state index is -7.67. The molecule has 2 rings (SSSR count). The molecule has 0 amide bonds. The fourth-order valence-electron chi connectivity index (χ4n) is 4.62. The summed E-state index contributed by atoms with van der Waals surface area (Å²) >= 11 is 0. The largest absolute Gasteiger partial charge is 1.00 e. The molecule has 0 saturated heterocycles. The molecular formula is C25H13F24NaO3S. The fourth-order valence-corrected chi connectivity index (χ4v) is 5.56. The maximum Gasteiger partial charge on any atom is 1.00 e. The Hall–Kier alpha value is -2.07. The summed E-state index contributed by atoms with van der Waals surface area (Å²) < 4.78 is 370. The van der Waals surface area contributed by atoms with Crippen molar-refractivity contribution in [3.05, 3.63) is 41.0 Å². The number of alkyl halides is 24. The molecule has 0 N–H and O–H groups in total. The Kier molecular flexibility index (Phi) is 13.9. The van der Waals surface area contributed by atoms with E-state index in [2.05, 4.69) is 0 Å². The fraction of sp³-hybridized carbons (Fsp3) is 0.600. The van der Waals surface area contributed by atoms with Gasteiger partial charge in [-0.05, 0) is 27.5 Å². The second-order valence-electron chi connectivity index (χ2n) is 10.9. The molecular weight excluding hydrogens is 859 g/mol. The summed E-state index contributed by atoms with van der Waals surface area (Å²) in [6.45, 7) is 0. The molecule has 3 nitrogen and oxygen atoms in total. The molecule has 306 valence electrons. The Balaban J connectivity index is 0.0000146. The van der Waals surface area contributed by atoms with Crippen molar-refractivity contribution in [1.29, 1.82) is 0 Å². The molecule has 29 heteroatoms. The quantitative estimate of drug-likeness (QED) is 0.105. The predicted octanol–water partition coefficient (Wildman–Crippen LogP) is 6.89. The van der Waals surface area contributed by atoms with Crippen LogP contribution in [-0.4, -0.2) is 85.5 Å². The molecule has 0 spiro atoms. The SMILES string of the molecule is O=S(=O)([O-])c1c(CC(F)(F)C(F)(F)C(F)(F)C(F)F)c(CC(F)(F)C(F)(F)C(F)(F)C(F)F)c(CC(F)(F)C(F)(F)C(F)(F)C(F)F)c2ccccc12.[Na+]. The third-order valence-electron chi connectivity index (χ3n) is 7.40. The summed E-state index contributed by atoms with van der Waals surface area (Å²) in [6.07, 6.45) is -29.3. The van der Waals surface area contributed by atoms with E-state index in [4.69, 9.17) is 0 Å². The molecule has 0 atom stereocenters. The van der Waals surface area contributed by atoms with E-state index in [9.17, 15) is 118 Å². The van der Waals surface area contributed by atoms with Gasteiger partial charge >= 0.3 is 102 Å². The summed E-state index contributed by atoms with van der Waals surface area (Å²) in [5.41, 5.74) is -9.20. The van der Waals surface area contributed by atoms with Crippen molar-refractivity contribution in [1.82, 2.24) is 0 Å². The first-order valence-corrected chi connectivity index (χ1v) is 14.4. The van der Waals surface area contributed by atoms with E-state index < -0.39 is 134 Å². The van der Waals surface area contributed by atoms with Crippen LogP contribution in [0.5, 0.6) is 0 Å². The van der Waals surface area contributed by atoms with Gasteiger partial charge in [-0.3, -0.25) is 0 Å². The van der Waals surface area contributed by atoms with Gasteiger partial charge in [0.1, 0.15) is 10.1 Å². The van der Waals surface area contributed by atoms with Gasteiger partial charge in [-0.15, -0.1) is 0 Å². The molecule has 0 unspecified atom stereocenters. The van der Waals surface area contributed by atoms with E-state index in [1.54, 1.807) is 0 Å². The van der Waals surface area contributed by atoms with Crippen molar-refractivity contribution >= 4 is 20.9 Å². The Morgan fingerprint density at radius 2 is 0.722 bits per heavy atom. The third kappa shape index (κ3) is 8.04. The van der Waals surface area contributed by atoms with Crippen molar-refractivity contribution in [2.45, 2.75) is 96.7 Å². The van der Waals surface area contributed by atoms with Gasteiger partial charge in [0, 0.05) is 19.3 Å².